The second-order valence-electron chi connectivity index (χ2n) is 7.08. The molecule has 7 nitrogen and oxygen atoms in total. The average Bonchev–Trinajstić information content (AvgIpc) is 3.21. The highest BCUT2D eigenvalue weighted by molar-refractivity contribution is 5.85. The van der Waals surface area contributed by atoms with Crippen molar-refractivity contribution in [3.05, 3.63) is 35.4 Å². The van der Waals surface area contributed by atoms with Crippen LogP contribution in [0.4, 0.5) is 0 Å². The van der Waals surface area contributed by atoms with E-state index in [-0.39, 0.29) is 24.4 Å². The van der Waals surface area contributed by atoms with Crippen LogP contribution >= 0.6 is 12.4 Å². The molecule has 0 spiro atoms. The lowest BCUT2D eigenvalue weighted by atomic mass is 9.87. The molecule has 3 heterocycles. The first-order valence-corrected chi connectivity index (χ1v) is 8.95. The molecule has 8 heteroatoms. The molecule has 1 fully saturated rings. The zero-order valence-corrected chi connectivity index (χ0v) is 16.8. The Labute approximate surface area is 160 Å². The first-order chi connectivity index (χ1) is 11.9. The zero-order chi connectivity index (χ0) is 18.0. The van der Waals surface area contributed by atoms with Crippen LogP contribution in [0.3, 0.4) is 0 Å². The third kappa shape index (κ3) is 3.78. The van der Waals surface area contributed by atoms with Crippen molar-refractivity contribution in [1.29, 1.82) is 0 Å². The number of halogens is 1. The number of aromatic nitrogens is 4. The van der Waals surface area contributed by atoms with Gasteiger partial charge in [0.1, 0.15) is 5.54 Å². The zero-order valence-electron chi connectivity index (χ0n) is 16.0. The highest BCUT2D eigenvalue weighted by Gasteiger charge is 2.42. The van der Waals surface area contributed by atoms with Crippen LogP contribution in [0, 0.1) is 13.8 Å². The lowest BCUT2D eigenvalue weighted by Gasteiger charge is -2.37. The molecule has 2 aromatic rings. The molecule has 0 bridgehead atoms. The molecule has 1 aliphatic heterocycles. The van der Waals surface area contributed by atoms with Crippen molar-refractivity contribution in [1.82, 2.24) is 30.2 Å². The van der Waals surface area contributed by atoms with Gasteiger partial charge < -0.3 is 10.6 Å². The average molecular weight is 381 g/mol. The largest absolute Gasteiger partial charge is 0.351 e. The van der Waals surface area contributed by atoms with E-state index in [9.17, 15) is 4.79 Å². The van der Waals surface area contributed by atoms with Gasteiger partial charge in [-0.2, -0.15) is 10.2 Å². The van der Waals surface area contributed by atoms with Gasteiger partial charge in [-0.3, -0.25) is 14.2 Å². The quantitative estimate of drug-likeness (QED) is 0.823. The molecule has 1 saturated heterocycles. The van der Waals surface area contributed by atoms with Crippen LogP contribution in [-0.2, 0) is 23.8 Å². The first kappa shape index (κ1) is 20.5. The third-order valence-electron chi connectivity index (χ3n) is 5.34. The van der Waals surface area contributed by atoms with E-state index in [1.807, 2.05) is 35.6 Å². The SMILES string of the molecule is Cc1nn(C)c(C)c1CC(C)NC(=O)C1(n2cccn2)CCNCC1.Cl. The molecule has 0 radical (unpaired) electrons. The lowest BCUT2D eigenvalue weighted by Crippen LogP contribution is -2.56. The van der Waals surface area contributed by atoms with Crippen molar-refractivity contribution in [2.75, 3.05) is 13.1 Å². The summed E-state index contributed by atoms with van der Waals surface area (Å²) >= 11 is 0. The van der Waals surface area contributed by atoms with Gasteiger partial charge in [-0.1, -0.05) is 0 Å². The molecule has 1 unspecified atom stereocenters. The fraction of sp³-hybridized carbons (Fsp3) is 0.611. The number of aryl methyl sites for hydroxylation is 2. The van der Waals surface area contributed by atoms with Crippen LogP contribution in [0.15, 0.2) is 18.5 Å². The van der Waals surface area contributed by atoms with E-state index in [0.717, 1.165) is 43.7 Å². The number of nitrogens with zero attached hydrogens (tertiary/aromatic N) is 4. The van der Waals surface area contributed by atoms with E-state index >= 15 is 0 Å². The Morgan fingerprint density at radius 1 is 1.38 bits per heavy atom. The summed E-state index contributed by atoms with van der Waals surface area (Å²) in [6, 6.07) is 1.92. The predicted octanol–water partition coefficient (Wildman–Crippen LogP) is 1.48. The fourth-order valence-electron chi connectivity index (χ4n) is 3.75. The van der Waals surface area contributed by atoms with Gasteiger partial charge in [0.2, 0.25) is 5.91 Å². The predicted molar refractivity (Wildman–Crippen MR) is 104 cm³/mol. The molecule has 0 saturated carbocycles. The Bertz CT molecular complexity index is 733. The van der Waals surface area contributed by atoms with Crippen LogP contribution < -0.4 is 10.6 Å². The summed E-state index contributed by atoms with van der Waals surface area (Å²) < 4.78 is 3.73. The number of carbonyl (C=O) groups is 1. The Kier molecular flexibility index (Phi) is 6.47. The van der Waals surface area contributed by atoms with E-state index in [0.29, 0.717) is 0 Å². The van der Waals surface area contributed by atoms with Gasteiger partial charge in [-0.25, -0.2) is 0 Å². The van der Waals surface area contributed by atoms with E-state index in [4.69, 9.17) is 0 Å². The van der Waals surface area contributed by atoms with Crippen molar-refractivity contribution < 1.29 is 4.79 Å². The van der Waals surface area contributed by atoms with Crippen molar-refractivity contribution in [2.24, 2.45) is 7.05 Å². The summed E-state index contributed by atoms with van der Waals surface area (Å²) in [4.78, 5) is 13.2. The summed E-state index contributed by atoms with van der Waals surface area (Å²) in [7, 11) is 1.96. The maximum absolute atomic E-state index is 13.2. The number of carbonyl (C=O) groups excluding carboxylic acids is 1. The Morgan fingerprint density at radius 2 is 2.08 bits per heavy atom. The van der Waals surface area contributed by atoms with Gasteiger partial charge in [-0.15, -0.1) is 12.4 Å². The molecule has 1 amide bonds. The highest BCUT2D eigenvalue weighted by Crippen LogP contribution is 2.27. The minimum absolute atomic E-state index is 0. The van der Waals surface area contributed by atoms with Crippen LogP contribution in [0.1, 0.15) is 36.7 Å². The van der Waals surface area contributed by atoms with E-state index in [2.05, 4.69) is 34.7 Å². The molecule has 0 aromatic carbocycles. The Balaban J connectivity index is 0.00000243. The molecule has 2 aromatic heterocycles. The number of piperidine rings is 1. The van der Waals surface area contributed by atoms with Crippen LogP contribution in [-0.4, -0.2) is 44.6 Å². The standard InChI is InChI=1S/C18H28N6O.ClH/c1-13(12-16-14(2)22-23(4)15(16)3)21-17(25)18(6-9-19-10-7-18)24-11-5-8-20-24;/h5,8,11,13,19H,6-7,9-10,12H2,1-4H3,(H,21,25);1H. The van der Waals surface area contributed by atoms with Crippen molar-refractivity contribution in [3.63, 3.8) is 0 Å². The Morgan fingerprint density at radius 3 is 2.62 bits per heavy atom. The number of rotatable bonds is 5. The van der Waals surface area contributed by atoms with Gasteiger partial charge in [-0.05, 0) is 64.8 Å². The first-order valence-electron chi connectivity index (χ1n) is 8.95. The van der Waals surface area contributed by atoms with Gasteiger partial charge in [0.25, 0.3) is 0 Å². The molecule has 144 valence electrons. The van der Waals surface area contributed by atoms with Gasteiger partial charge in [0.15, 0.2) is 0 Å². The number of hydrogen-bond donors (Lipinski definition) is 2. The number of hydrogen-bond acceptors (Lipinski definition) is 4. The monoisotopic (exact) mass is 380 g/mol. The second kappa shape index (κ2) is 8.22. The molecule has 3 rings (SSSR count). The summed E-state index contributed by atoms with van der Waals surface area (Å²) in [5.41, 5.74) is 2.81. The minimum atomic E-state index is -0.595. The summed E-state index contributed by atoms with van der Waals surface area (Å²) in [6.07, 6.45) is 5.91. The molecule has 26 heavy (non-hydrogen) atoms. The van der Waals surface area contributed by atoms with E-state index < -0.39 is 5.54 Å². The van der Waals surface area contributed by atoms with Gasteiger partial charge in [0.05, 0.1) is 5.69 Å². The smallest absolute Gasteiger partial charge is 0.248 e. The second-order valence-corrected chi connectivity index (χ2v) is 7.08. The third-order valence-corrected chi connectivity index (χ3v) is 5.34. The number of amides is 1. The van der Waals surface area contributed by atoms with E-state index in [1.54, 1.807) is 6.20 Å². The topological polar surface area (TPSA) is 76.8 Å². The summed E-state index contributed by atoms with van der Waals surface area (Å²) in [6.45, 7) is 7.80. The van der Waals surface area contributed by atoms with Crippen molar-refractivity contribution in [3.8, 4) is 0 Å². The minimum Gasteiger partial charge on any atom is -0.351 e. The summed E-state index contributed by atoms with van der Waals surface area (Å²) in [5.74, 6) is 0.0596. The molecule has 1 aliphatic rings. The molecule has 0 aliphatic carbocycles. The molecule has 1 atom stereocenters. The highest BCUT2D eigenvalue weighted by atomic mass is 35.5. The van der Waals surface area contributed by atoms with Crippen LogP contribution in [0.5, 0.6) is 0 Å². The molecular formula is C18H29ClN6O. The van der Waals surface area contributed by atoms with Crippen LogP contribution in [0.2, 0.25) is 0 Å². The fourth-order valence-corrected chi connectivity index (χ4v) is 3.75. The van der Waals surface area contributed by atoms with Gasteiger partial charge >= 0.3 is 0 Å². The number of nitrogens with one attached hydrogen (secondary N) is 2. The molecular weight excluding hydrogens is 352 g/mol. The van der Waals surface area contributed by atoms with Gasteiger partial charge in [0, 0.05) is 31.2 Å². The van der Waals surface area contributed by atoms with Crippen LogP contribution in [0.25, 0.3) is 0 Å². The maximum atomic E-state index is 13.2. The summed E-state index contributed by atoms with van der Waals surface area (Å²) in [5, 5.41) is 15.4. The normalized spacial score (nSPS) is 17.4. The van der Waals surface area contributed by atoms with E-state index in [1.165, 1.54) is 5.56 Å². The van der Waals surface area contributed by atoms with Crippen molar-refractivity contribution >= 4 is 18.3 Å². The van der Waals surface area contributed by atoms with Crippen molar-refractivity contribution in [2.45, 2.75) is 51.6 Å². The Hall–Kier alpha value is -1.86. The molecule has 2 N–H and O–H groups in total. The maximum Gasteiger partial charge on any atom is 0.248 e. The lowest BCUT2D eigenvalue weighted by molar-refractivity contribution is -0.132.